The minimum Gasteiger partial charge on any atom is -0.480 e. The van der Waals surface area contributed by atoms with Crippen molar-refractivity contribution < 1.29 is 19.4 Å². The second-order valence-corrected chi connectivity index (χ2v) is 5.87. The topological polar surface area (TPSA) is 70.1 Å². The molecule has 2 atom stereocenters. The van der Waals surface area contributed by atoms with Gasteiger partial charge in [-0.3, -0.25) is 9.59 Å². The van der Waals surface area contributed by atoms with Gasteiger partial charge in [0.05, 0.1) is 0 Å². The number of piperazine rings is 1. The molecule has 6 nitrogen and oxygen atoms in total. The van der Waals surface area contributed by atoms with Gasteiger partial charge in [-0.25, -0.2) is 0 Å². The van der Waals surface area contributed by atoms with Crippen LogP contribution in [-0.4, -0.2) is 65.6 Å². The van der Waals surface area contributed by atoms with Crippen molar-refractivity contribution in [1.82, 2.24) is 9.80 Å². The van der Waals surface area contributed by atoms with Crippen molar-refractivity contribution in [2.45, 2.75) is 6.10 Å². The molecule has 2 aliphatic heterocycles. The Kier molecular flexibility index (Phi) is 4.22. The first-order chi connectivity index (χ1) is 10.6. The maximum absolute atomic E-state index is 12.5. The number of halogens is 1. The standard InChI is InChI=1S/C15H17ClN2O4/c16-11-1-2-12-10(7-11)8-13(22-12)15(21)18-5-3-17(4-6-18)14(20)9-19/h1-2,7-8,10,12,19H,3-6,9H2. The van der Waals surface area contributed by atoms with Crippen molar-refractivity contribution in [2.75, 3.05) is 32.8 Å². The van der Waals surface area contributed by atoms with Gasteiger partial charge in [-0.15, -0.1) is 0 Å². The van der Waals surface area contributed by atoms with Crippen molar-refractivity contribution in [2.24, 2.45) is 5.92 Å². The van der Waals surface area contributed by atoms with Gasteiger partial charge in [0.25, 0.3) is 5.91 Å². The number of carbonyl (C=O) groups excluding carboxylic acids is 2. The highest BCUT2D eigenvalue weighted by molar-refractivity contribution is 6.31. The van der Waals surface area contributed by atoms with Gasteiger partial charge in [0.1, 0.15) is 12.7 Å². The SMILES string of the molecule is O=C(CO)N1CCN(C(=O)C2=CC3C=C(Cl)C=CC3O2)CC1. The Labute approximate surface area is 133 Å². The Balaban J connectivity index is 1.61. The molecule has 0 aromatic heterocycles. The maximum Gasteiger partial charge on any atom is 0.288 e. The highest BCUT2D eigenvalue weighted by Gasteiger charge is 2.34. The normalized spacial score (nSPS) is 27.0. The molecular formula is C15H17ClN2O4. The number of rotatable bonds is 2. The third-order valence-electron chi connectivity index (χ3n) is 4.05. The molecule has 22 heavy (non-hydrogen) atoms. The molecule has 3 aliphatic rings. The number of aliphatic hydroxyl groups is 1. The summed E-state index contributed by atoms with van der Waals surface area (Å²) < 4.78 is 5.68. The summed E-state index contributed by atoms with van der Waals surface area (Å²) in [6.07, 6.45) is 7.11. The number of ether oxygens (including phenoxy) is 1. The quantitative estimate of drug-likeness (QED) is 0.790. The fraction of sp³-hybridized carbons (Fsp3) is 0.467. The van der Waals surface area contributed by atoms with E-state index in [0.717, 1.165) is 0 Å². The van der Waals surface area contributed by atoms with E-state index in [0.29, 0.717) is 37.0 Å². The molecule has 0 aromatic carbocycles. The number of nitrogens with zero attached hydrogens (tertiary/aromatic N) is 2. The van der Waals surface area contributed by atoms with E-state index in [2.05, 4.69) is 0 Å². The lowest BCUT2D eigenvalue weighted by molar-refractivity contribution is -0.141. The molecule has 0 bridgehead atoms. The number of amides is 2. The van der Waals surface area contributed by atoms with E-state index in [1.807, 2.05) is 12.2 Å². The number of hydrogen-bond donors (Lipinski definition) is 1. The van der Waals surface area contributed by atoms with Gasteiger partial charge in [0.2, 0.25) is 5.91 Å². The molecule has 2 unspecified atom stereocenters. The summed E-state index contributed by atoms with van der Waals surface area (Å²) in [7, 11) is 0. The molecule has 0 spiro atoms. The van der Waals surface area contributed by atoms with Gasteiger partial charge in [0.15, 0.2) is 5.76 Å². The van der Waals surface area contributed by atoms with Crippen LogP contribution in [0.15, 0.2) is 35.1 Å². The third kappa shape index (κ3) is 2.89. The van der Waals surface area contributed by atoms with Crippen LogP contribution < -0.4 is 0 Å². The molecule has 1 saturated heterocycles. The Morgan fingerprint density at radius 1 is 1.23 bits per heavy atom. The fourth-order valence-electron chi connectivity index (χ4n) is 2.81. The number of fused-ring (bicyclic) bond motifs is 1. The molecule has 1 fully saturated rings. The van der Waals surface area contributed by atoms with Crippen LogP contribution in [0.4, 0.5) is 0 Å². The molecule has 1 N–H and O–H groups in total. The Morgan fingerprint density at radius 3 is 2.59 bits per heavy atom. The van der Waals surface area contributed by atoms with Crippen molar-refractivity contribution in [1.29, 1.82) is 0 Å². The number of carbonyl (C=O) groups is 2. The van der Waals surface area contributed by atoms with Crippen molar-refractivity contribution in [3.05, 3.63) is 35.1 Å². The highest BCUT2D eigenvalue weighted by atomic mass is 35.5. The smallest absolute Gasteiger partial charge is 0.288 e. The van der Waals surface area contributed by atoms with Gasteiger partial charge in [0, 0.05) is 37.1 Å². The van der Waals surface area contributed by atoms with Gasteiger partial charge < -0.3 is 19.6 Å². The van der Waals surface area contributed by atoms with E-state index >= 15 is 0 Å². The van der Waals surface area contributed by atoms with Gasteiger partial charge in [-0.2, -0.15) is 0 Å². The molecule has 118 valence electrons. The second-order valence-electron chi connectivity index (χ2n) is 5.43. The van der Waals surface area contributed by atoms with E-state index < -0.39 is 6.61 Å². The lowest BCUT2D eigenvalue weighted by atomic mass is 9.99. The number of allylic oxidation sites excluding steroid dienone is 2. The monoisotopic (exact) mass is 324 g/mol. The molecule has 7 heteroatoms. The van der Waals surface area contributed by atoms with Crippen LogP contribution in [0.25, 0.3) is 0 Å². The lowest BCUT2D eigenvalue weighted by Gasteiger charge is -2.34. The first kappa shape index (κ1) is 15.1. The molecule has 2 heterocycles. The van der Waals surface area contributed by atoms with E-state index in [1.54, 1.807) is 22.0 Å². The van der Waals surface area contributed by atoms with Crippen LogP contribution >= 0.6 is 11.6 Å². The third-order valence-corrected chi connectivity index (χ3v) is 4.30. The summed E-state index contributed by atoms with van der Waals surface area (Å²) in [6.45, 7) is 1.24. The Morgan fingerprint density at radius 2 is 1.91 bits per heavy atom. The van der Waals surface area contributed by atoms with Gasteiger partial charge in [-0.05, 0) is 18.2 Å². The molecular weight excluding hydrogens is 308 g/mol. The molecule has 2 amide bonds. The summed E-state index contributed by atoms with van der Waals surface area (Å²) in [6, 6.07) is 0. The number of aliphatic hydroxyl groups excluding tert-OH is 1. The highest BCUT2D eigenvalue weighted by Crippen LogP contribution is 2.32. The number of hydrogen-bond acceptors (Lipinski definition) is 4. The van der Waals surface area contributed by atoms with Gasteiger partial charge >= 0.3 is 0 Å². The molecule has 3 rings (SSSR count). The minimum absolute atomic E-state index is 0.00583. The summed E-state index contributed by atoms with van der Waals surface area (Å²) in [5.41, 5.74) is 0. The van der Waals surface area contributed by atoms with Crippen LogP contribution in [0.3, 0.4) is 0 Å². The van der Waals surface area contributed by atoms with Gasteiger partial charge in [-0.1, -0.05) is 17.7 Å². The van der Waals surface area contributed by atoms with Crippen molar-refractivity contribution in [3.8, 4) is 0 Å². The average Bonchev–Trinajstić information content (AvgIpc) is 2.96. The van der Waals surface area contributed by atoms with E-state index in [-0.39, 0.29) is 23.8 Å². The largest absolute Gasteiger partial charge is 0.480 e. The van der Waals surface area contributed by atoms with E-state index in [9.17, 15) is 9.59 Å². The van der Waals surface area contributed by atoms with Crippen LogP contribution in [0.2, 0.25) is 0 Å². The van der Waals surface area contributed by atoms with E-state index in [4.69, 9.17) is 21.4 Å². The molecule has 0 radical (unpaired) electrons. The van der Waals surface area contributed by atoms with E-state index in [1.165, 1.54) is 0 Å². The lowest BCUT2D eigenvalue weighted by Crippen LogP contribution is -2.51. The zero-order chi connectivity index (χ0) is 15.7. The fourth-order valence-corrected chi connectivity index (χ4v) is 3.03. The zero-order valence-electron chi connectivity index (χ0n) is 11.9. The Bertz CT molecular complexity index is 576. The Hall–Kier alpha value is -1.79. The predicted octanol–water partition coefficient (Wildman–Crippen LogP) is 0.241. The van der Waals surface area contributed by atoms with Crippen molar-refractivity contribution >= 4 is 23.4 Å². The zero-order valence-corrected chi connectivity index (χ0v) is 12.7. The summed E-state index contributed by atoms with van der Waals surface area (Å²) in [5, 5.41) is 9.50. The summed E-state index contributed by atoms with van der Waals surface area (Å²) >= 11 is 5.95. The minimum atomic E-state index is -0.495. The first-order valence-corrected chi connectivity index (χ1v) is 7.58. The van der Waals surface area contributed by atoms with Crippen LogP contribution in [0.1, 0.15) is 0 Å². The van der Waals surface area contributed by atoms with Crippen LogP contribution in [-0.2, 0) is 14.3 Å². The van der Waals surface area contributed by atoms with Crippen molar-refractivity contribution in [3.63, 3.8) is 0 Å². The summed E-state index contributed by atoms with van der Waals surface area (Å²) in [4.78, 5) is 27.1. The second kappa shape index (κ2) is 6.14. The predicted molar refractivity (Wildman–Crippen MR) is 79.8 cm³/mol. The average molecular weight is 325 g/mol. The maximum atomic E-state index is 12.5. The molecule has 1 aliphatic carbocycles. The van der Waals surface area contributed by atoms with Crippen LogP contribution in [0, 0.1) is 5.92 Å². The summed E-state index contributed by atoms with van der Waals surface area (Å²) in [5.74, 6) is -0.138. The molecule has 0 saturated carbocycles. The first-order valence-electron chi connectivity index (χ1n) is 7.20. The molecule has 0 aromatic rings. The van der Waals surface area contributed by atoms with Crippen LogP contribution in [0.5, 0.6) is 0 Å².